The Labute approximate surface area is 97.6 Å². The number of halogens is 1. The van der Waals surface area contributed by atoms with Gasteiger partial charge in [0.15, 0.2) is 0 Å². The monoisotopic (exact) mass is 274 g/mol. The summed E-state index contributed by atoms with van der Waals surface area (Å²) in [5.74, 6) is 0. The molecule has 2 rings (SSSR count). The molecule has 0 N–H and O–H groups in total. The molecule has 0 bridgehead atoms. The number of hydrogen-bond acceptors (Lipinski definition) is 3. The van der Waals surface area contributed by atoms with Crippen LogP contribution in [-0.4, -0.2) is 36.0 Å². The lowest BCUT2D eigenvalue weighted by Gasteiger charge is -2.38. The number of anilines is 1. The number of likely N-dealkylation sites (N-methyl/N-ethyl adjacent to an activating group) is 1. The normalized spacial score (nSPS) is 24.1. The van der Waals surface area contributed by atoms with E-state index in [1.165, 1.54) is 5.69 Å². The molecule has 0 radical (unpaired) electrons. The molecule has 0 amide bonds. The van der Waals surface area contributed by atoms with Gasteiger partial charge in [-0.2, -0.15) is 11.3 Å². The molecule has 1 saturated heterocycles. The van der Waals surface area contributed by atoms with E-state index in [-0.39, 0.29) is 0 Å². The predicted molar refractivity (Wildman–Crippen MR) is 66.5 cm³/mol. The summed E-state index contributed by atoms with van der Waals surface area (Å²) in [7, 11) is 0. The second kappa shape index (κ2) is 4.64. The fourth-order valence-corrected chi connectivity index (χ4v) is 3.31. The average Bonchev–Trinajstić information content (AvgIpc) is 2.70. The Kier molecular flexibility index (Phi) is 3.47. The number of nitrogens with zero attached hydrogens (tertiary/aromatic N) is 2. The highest BCUT2D eigenvalue weighted by molar-refractivity contribution is 9.09. The van der Waals surface area contributed by atoms with Crippen LogP contribution in [0.2, 0.25) is 0 Å². The van der Waals surface area contributed by atoms with Crippen LogP contribution >= 0.6 is 27.3 Å². The van der Waals surface area contributed by atoms with Crippen molar-refractivity contribution in [1.29, 1.82) is 0 Å². The van der Waals surface area contributed by atoms with Crippen LogP contribution in [0, 0.1) is 0 Å². The third-order valence-corrected chi connectivity index (χ3v) is 4.24. The Bertz CT molecular complexity index is 276. The van der Waals surface area contributed by atoms with Crippen molar-refractivity contribution in [2.45, 2.75) is 11.9 Å². The second-order valence-electron chi connectivity index (χ2n) is 3.49. The topological polar surface area (TPSA) is 6.48 Å². The standard InChI is InChI=1S/C10H15BrN2S/c1-2-12-4-5-13(7-10(12)11)9-3-6-14-8-9/h3,6,8,10H,2,4-5,7H2,1H3. The highest BCUT2D eigenvalue weighted by Crippen LogP contribution is 2.23. The van der Waals surface area contributed by atoms with E-state index in [2.05, 4.69) is 49.5 Å². The quantitative estimate of drug-likeness (QED) is 0.604. The Morgan fingerprint density at radius 1 is 1.57 bits per heavy atom. The van der Waals surface area contributed by atoms with Crippen LogP contribution < -0.4 is 4.90 Å². The molecule has 14 heavy (non-hydrogen) atoms. The summed E-state index contributed by atoms with van der Waals surface area (Å²) in [6.45, 7) is 6.74. The number of alkyl halides is 1. The Hall–Kier alpha value is -0.0600. The van der Waals surface area contributed by atoms with Gasteiger partial charge in [-0.05, 0) is 18.0 Å². The zero-order valence-electron chi connectivity index (χ0n) is 8.32. The van der Waals surface area contributed by atoms with Crippen molar-refractivity contribution in [2.75, 3.05) is 31.1 Å². The summed E-state index contributed by atoms with van der Waals surface area (Å²) >= 11 is 5.50. The van der Waals surface area contributed by atoms with Gasteiger partial charge in [-0.25, -0.2) is 0 Å². The van der Waals surface area contributed by atoms with Crippen molar-refractivity contribution in [2.24, 2.45) is 0 Å². The minimum atomic E-state index is 0.501. The first-order chi connectivity index (χ1) is 6.81. The van der Waals surface area contributed by atoms with Crippen LogP contribution in [-0.2, 0) is 0 Å². The Balaban J connectivity index is 1.99. The van der Waals surface area contributed by atoms with Gasteiger partial charge in [0.05, 0.1) is 4.95 Å². The molecule has 2 heterocycles. The smallest absolute Gasteiger partial charge is 0.0833 e. The third-order valence-electron chi connectivity index (χ3n) is 2.70. The first kappa shape index (κ1) is 10.5. The number of hydrogen-bond donors (Lipinski definition) is 0. The van der Waals surface area contributed by atoms with Gasteiger partial charge in [0.2, 0.25) is 0 Å². The Morgan fingerprint density at radius 2 is 2.43 bits per heavy atom. The molecule has 78 valence electrons. The van der Waals surface area contributed by atoms with E-state index in [1.54, 1.807) is 11.3 Å². The molecule has 1 aromatic rings. The molecule has 1 fully saturated rings. The average molecular weight is 275 g/mol. The molecule has 1 atom stereocenters. The summed E-state index contributed by atoms with van der Waals surface area (Å²) in [5.41, 5.74) is 1.37. The molecule has 2 nitrogen and oxygen atoms in total. The number of rotatable bonds is 2. The fraction of sp³-hybridized carbons (Fsp3) is 0.600. The van der Waals surface area contributed by atoms with Gasteiger partial charge in [0.1, 0.15) is 0 Å². The molecule has 0 saturated carbocycles. The van der Waals surface area contributed by atoms with Crippen LogP contribution in [0.3, 0.4) is 0 Å². The van der Waals surface area contributed by atoms with Gasteiger partial charge in [-0.1, -0.05) is 22.9 Å². The summed E-state index contributed by atoms with van der Waals surface area (Å²) in [5, 5.41) is 4.37. The first-order valence-electron chi connectivity index (χ1n) is 4.96. The van der Waals surface area contributed by atoms with E-state index in [9.17, 15) is 0 Å². The van der Waals surface area contributed by atoms with Crippen molar-refractivity contribution in [3.05, 3.63) is 16.8 Å². The van der Waals surface area contributed by atoms with Crippen molar-refractivity contribution < 1.29 is 0 Å². The molecule has 0 aliphatic carbocycles. The van der Waals surface area contributed by atoms with Gasteiger partial charge in [0.25, 0.3) is 0 Å². The first-order valence-corrected chi connectivity index (χ1v) is 6.82. The molecule has 1 aliphatic heterocycles. The summed E-state index contributed by atoms with van der Waals surface area (Å²) in [6.07, 6.45) is 0. The highest BCUT2D eigenvalue weighted by atomic mass is 79.9. The van der Waals surface area contributed by atoms with E-state index in [0.29, 0.717) is 4.95 Å². The minimum absolute atomic E-state index is 0.501. The maximum absolute atomic E-state index is 3.73. The molecule has 1 aliphatic rings. The van der Waals surface area contributed by atoms with Gasteiger partial charge >= 0.3 is 0 Å². The number of piperazine rings is 1. The third kappa shape index (κ3) is 2.12. The van der Waals surface area contributed by atoms with Crippen LogP contribution in [0.25, 0.3) is 0 Å². The highest BCUT2D eigenvalue weighted by Gasteiger charge is 2.23. The number of thiophene rings is 1. The molecule has 1 unspecified atom stereocenters. The minimum Gasteiger partial charge on any atom is -0.367 e. The largest absolute Gasteiger partial charge is 0.367 e. The van der Waals surface area contributed by atoms with Crippen LogP contribution in [0.5, 0.6) is 0 Å². The van der Waals surface area contributed by atoms with Gasteiger partial charge in [-0.15, -0.1) is 0 Å². The van der Waals surface area contributed by atoms with Crippen LogP contribution in [0.4, 0.5) is 5.69 Å². The van der Waals surface area contributed by atoms with Crippen LogP contribution in [0.1, 0.15) is 6.92 Å². The molecule has 1 aromatic heterocycles. The summed E-state index contributed by atoms with van der Waals surface area (Å²) < 4.78 is 0. The maximum Gasteiger partial charge on any atom is 0.0833 e. The van der Waals surface area contributed by atoms with Gasteiger partial charge in [0, 0.05) is 30.7 Å². The molecular formula is C10H15BrN2S. The maximum atomic E-state index is 3.73. The van der Waals surface area contributed by atoms with Gasteiger partial charge < -0.3 is 4.90 Å². The van der Waals surface area contributed by atoms with Crippen molar-refractivity contribution >= 4 is 33.0 Å². The van der Waals surface area contributed by atoms with E-state index < -0.39 is 0 Å². The zero-order chi connectivity index (χ0) is 9.97. The molecule has 0 aromatic carbocycles. The Morgan fingerprint density at radius 3 is 3.00 bits per heavy atom. The van der Waals surface area contributed by atoms with Crippen molar-refractivity contribution in [3.63, 3.8) is 0 Å². The summed E-state index contributed by atoms with van der Waals surface area (Å²) in [6, 6.07) is 2.20. The van der Waals surface area contributed by atoms with E-state index >= 15 is 0 Å². The fourth-order valence-electron chi connectivity index (χ4n) is 1.81. The van der Waals surface area contributed by atoms with E-state index in [0.717, 1.165) is 26.2 Å². The van der Waals surface area contributed by atoms with Crippen LogP contribution in [0.15, 0.2) is 16.8 Å². The van der Waals surface area contributed by atoms with Crippen molar-refractivity contribution in [1.82, 2.24) is 4.90 Å². The zero-order valence-corrected chi connectivity index (χ0v) is 10.7. The predicted octanol–water partition coefficient (Wildman–Crippen LogP) is 2.61. The lowest BCUT2D eigenvalue weighted by Crippen LogP contribution is -2.50. The van der Waals surface area contributed by atoms with E-state index in [4.69, 9.17) is 0 Å². The van der Waals surface area contributed by atoms with Gasteiger partial charge in [-0.3, -0.25) is 4.90 Å². The van der Waals surface area contributed by atoms with E-state index in [1.807, 2.05) is 0 Å². The SMILES string of the molecule is CCN1CCN(c2ccsc2)CC1Br. The second-order valence-corrected chi connectivity index (χ2v) is 5.33. The molecular weight excluding hydrogens is 260 g/mol. The van der Waals surface area contributed by atoms with Crippen molar-refractivity contribution in [3.8, 4) is 0 Å². The summed E-state index contributed by atoms with van der Waals surface area (Å²) in [4.78, 5) is 5.41. The lowest BCUT2D eigenvalue weighted by atomic mass is 10.3. The molecule has 0 spiro atoms. The molecule has 4 heteroatoms. The lowest BCUT2D eigenvalue weighted by molar-refractivity contribution is 0.252.